The first-order chi connectivity index (χ1) is 9.83. The first-order valence-electron chi connectivity index (χ1n) is 6.33. The number of para-hydroxylation sites is 1. The number of benzene rings is 1. The van der Waals surface area contributed by atoms with Crippen molar-refractivity contribution in [3.05, 3.63) is 72.3 Å². The number of furan rings is 1. The zero-order chi connectivity index (χ0) is 13.8. The van der Waals surface area contributed by atoms with E-state index in [4.69, 9.17) is 4.42 Å². The van der Waals surface area contributed by atoms with Gasteiger partial charge in [0, 0.05) is 17.1 Å². The zero-order valence-electron chi connectivity index (χ0n) is 10.7. The molecule has 0 aliphatic rings. The quantitative estimate of drug-likeness (QED) is 0.721. The predicted octanol–water partition coefficient (Wildman–Crippen LogP) is 4.06. The third-order valence-corrected chi connectivity index (χ3v) is 3.00. The summed E-state index contributed by atoms with van der Waals surface area (Å²) >= 11 is 0. The second kappa shape index (κ2) is 5.45. The summed E-state index contributed by atoms with van der Waals surface area (Å²) in [5.41, 5.74) is 2.06. The fourth-order valence-electron chi connectivity index (χ4n) is 2.01. The Kier molecular flexibility index (Phi) is 3.33. The van der Waals surface area contributed by atoms with Crippen LogP contribution in [0, 0.1) is 0 Å². The third-order valence-electron chi connectivity index (χ3n) is 3.00. The summed E-state index contributed by atoms with van der Waals surface area (Å²) < 4.78 is 5.12. The Labute approximate surface area is 116 Å². The molecule has 3 nitrogen and oxygen atoms in total. The van der Waals surface area contributed by atoms with Gasteiger partial charge in [-0.2, -0.15) is 0 Å². The standard InChI is InChI=1S/C17H13NO2/c19-14(9-10-15-4-3-11-20-15)8-7-13-12-18-17-6-2-1-5-16(13)17/h1-12,18H/b8-7+,10-9+. The lowest BCUT2D eigenvalue weighted by Crippen LogP contribution is -1.84. The summed E-state index contributed by atoms with van der Waals surface area (Å²) in [6.45, 7) is 0. The second-order valence-corrected chi connectivity index (χ2v) is 4.37. The van der Waals surface area contributed by atoms with E-state index < -0.39 is 0 Å². The van der Waals surface area contributed by atoms with Crippen molar-refractivity contribution in [1.29, 1.82) is 0 Å². The summed E-state index contributed by atoms with van der Waals surface area (Å²) in [6.07, 6.45) is 9.98. The molecule has 2 heterocycles. The van der Waals surface area contributed by atoms with E-state index in [9.17, 15) is 4.79 Å². The van der Waals surface area contributed by atoms with E-state index in [1.807, 2.05) is 36.5 Å². The third kappa shape index (κ3) is 2.62. The molecule has 0 bridgehead atoms. The Hall–Kier alpha value is -2.81. The maximum Gasteiger partial charge on any atom is 0.178 e. The topological polar surface area (TPSA) is 46.0 Å². The molecule has 2 aromatic heterocycles. The van der Waals surface area contributed by atoms with Crippen LogP contribution in [0.1, 0.15) is 11.3 Å². The molecule has 3 rings (SSSR count). The number of hydrogen-bond donors (Lipinski definition) is 1. The van der Waals surface area contributed by atoms with Gasteiger partial charge in [-0.25, -0.2) is 0 Å². The van der Waals surface area contributed by atoms with Gasteiger partial charge in [0.25, 0.3) is 0 Å². The Morgan fingerprint density at radius 3 is 2.75 bits per heavy atom. The highest BCUT2D eigenvalue weighted by Gasteiger charge is 1.99. The van der Waals surface area contributed by atoms with E-state index in [0.717, 1.165) is 16.5 Å². The van der Waals surface area contributed by atoms with Gasteiger partial charge < -0.3 is 9.40 Å². The number of H-pyrrole nitrogens is 1. The van der Waals surface area contributed by atoms with Gasteiger partial charge in [-0.1, -0.05) is 18.2 Å². The van der Waals surface area contributed by atoms with Crippen molar-refractivity contribution in [3.63, 3.8) is 0 Å². The summed E-state index contributed by atoms with van der Waals surface area (Å²) in [6, 6.07) is 11.6. The molecular formula is C17H13NO2. The van der Waals surface area contributed by atoms with Crippen LogP contribution in [-0.2, 0) is 4.79 Å². The summed E-state index contributed by atoms with van der Waals surface area (Å²) in [4.78, 5) is 14.9. The fraction of sp³-hybridized carbons (Fsp3) is 0. The van der Waals surface area contributed by atoms with E-state index in [1.54, 1.807) is 30.5 Å². The first-order valence-corrected chi connectivity index (χ1v) is 6.33. The number of aromatic amines is 1. The van der Waals surface area contributed by atoms with Crippen molar-refractivity contribution < 1.29 is 9.21 Å². The van der Waals surface area contributed by atoms with Crippen LogP contribution in [0.25, 0.3) is 23.1 Å². The molecule has 0 spiro atoms. The second-order valence-electron chi connectivity index (χ2n) is 4.37. The Morgan fingerprint density at radius 2 is 1.90 bits per heavy atom. The Morgan fingerprint density at radius 1 is 1.05 bits per heavy atom. The van der Waals surface area contributed by atoms with Gasteiger partial charge >= 0.3 is 0 Å². The van der Waals surface area contributed by atoms with Gasteiger partial charge in [-0.15, -0.1) is 0 Å². The highest BCUT2D eigenvalue weighted by atomic mass is 16.3. The predicted molar refractivity (Wildman–Crippen MR) is 80.1 cm³/mol. The molecule has 1 N–H and O–H groups in total. The fourth-order valence-corrected chi connectivity index (χ4v) is 2.01. The number of rotatable bonds is 4. The van der Waals surface area contributed by atoms with Gasteiger partial charge in [0.05, 0.1) is 6.26 Å². The monoisotopic (exact) mass is 263 g/mol. The Balaban J connectivity index is 1.75. The van der Waals surface area contributed by atoms with Crippen molar-refractivity contribution in [2.45, 2.75) is 0 Å². The average Bonchev–Trinajstić information content (AvgIpc) is 3.12. The molecule has 0 fully saturated rings. The highest BCUT2D eigenvalue weighted by molar-refractivity contribution is 6.05. The van der Waals surface area contributed by atoms with Crippen LogP contribution >= 0.6 is 0 Å². The molecule has 20 heavy (non-hydrogen) atoms. The van der Waals surface area contributed by atoms with Crippen molar-refractivity contribution in [3.8, 4) is 0 Å². The number of allylic oxidation sites excluding steroid dienone is 2. The molecule has 1 aromatic carbocycles. The number of carbonyl (C=O) groups is 1. The van der Waals surface area contributed by atoms with Crippen LogP contribution in [0.15, 0.2) is 65.4 Å². The maximum absolute atomic E-state index is 11.7. The van der Waals surface area contributed by atoms with Crippen LogP contribution in [0.2, 0.25) is 0 Å². The van der Waals surface area contributed by atoms with Crippen molar-refractivity contribution in [1.82, 2.24) is 4.98 Å². The van der Waals surface area contributed by atoms with Crippen LogP contribution in [0.3, 0.4) is 0 Å². The Bertz CT molecular complexity index is 776. The van der Waals surface area contributed by atoms with E-state index in [-0.39, 0.29) is 5.78 Å². The lowest BCUT2D eigenvalue weighted by atomic mass is 10.1. The number of nitrogens with one attached hydrogen (secondary N) is 1. The number of aromatic nitrogens is 1. The maximum atomic E-state index is 11.7. The van der Waals surface area contributed by atoms with Gasteiger partial charge in [-0.05, 0) is 48.1 Å². The average molecular weight is 263 g/mol. The van der Waals surface area contributed by atoms with Crippen molar-refractivity contribution in [2.75, 3.05) is 0 Å². The molecule has 0 atom stereocenters. The molecule has 3 heteroatoms. The summed E-state index contributed by atoms with van der Waals surface area (Å²) in [5.74, 6) is 0.588. The molecule has 98 valence electrons. The molecule has 0 aliphatic carbocycles. The number of carbonyl (C=O) groups excluding carboxylic acids is 1. The van der Waals surface area contributed by atoms with E-state index in [0.29, 0.717) is 5.76 Å². The van der Waals surface area contributed by atoms with E-state index in [1.165, 1.54) is 6.08 Å². The minimum absolute atomic E-state index is 0.0771. The first kappa shape index (κ1) is 12.2. The lowest BCUT2D eigenvalue weighted by Gasteiger charge is -1.90. The van der Waals surface area contributed by atoms with Crippen LogP contribution in [0.5, 0.6) is 0 Å². The minimum Gasteiger partial charge on any atom is -0.465 e. The molecular weight excluding hydrogens is 250 g/mol. The number of hydrogen-bond acceptors (Lipinski definition) is 2. The molecule has 0 amide bonds. The molecule has 0 unspecified atom stereocenters. The van der Waals surface area contributed by atoms with Gasteiger partial charge in [0.2, 0.25) is 0 Å². The van der Waals surface area contributed by atoms with E-state index >= 15 is 0 Å². The van der Waals surface area contributed by atoms with Crippen LogP contribution < -0.4 is 0 Å². The van der Waals surface area contributed by atoms with Crippen molar-refractivity contribution in [2.24, 2.45) is 0 Å². The molecule has 0 saturated carbocycles. The smallest absolute Gasteiger partial charge is 0.178 e. The SMILES string of the molecule is O=C(/C=C/c1ccco1)/C=C/c1c[nH]c2ccccc12. The molecule has 0 aliphatic heterocycles. The summed E-state index contributed by atoms with van der Waals surface area (Å²) in [7, 11) is 0. The molecule has 0 radical (unpaired) electrons. The van der Waals surface area contributed by atoms with E-state index in [2.05, 4.69) is 4.98 Å². The minimum atomic E-state index is -0.0771. The van der Waals surface area contributed by atoms with Gasteiger partial charge in [-0.3, -0.25) is 4.79 Å². The normalized spacial score (nSPS) is 11.8. The molecule has 3 aromatic rings. The highest BCUT2D eigenvalue weighted by Crippen LogP contribution is 2.18. The van der Waals surface area contributed by atoms with Crippen LogP contribution in [0.4, 0.5) is 0 Å². The summed E-state index contributed by atoms with van der Waals surface area (Å²) in [5, 5.41) is 1.10. The largest absolute Gasteiger partial charge is 0.465 e. The zero-order valence-corrected chi connectivity index (χ0v) is 10.7. The number of fused-ring (bicyclic) bond motifs is 1. The van der Waals surface area contributed by atoms with Crippen molar-refractivity contribution >= 4 is 28.8 Å². The van der Waals surface area contributed by atoms with Gasteiger partial charge in [0.15, 0.2) is 5.78 Å². The lowest BCUT2D eigenvalue weighted by molar-refractivity contribution is -0.110. The van der Waals surface area contributed by atoms with Crippen LogP contribution in [-0.4, -0.2) is 10.8 Å². The van der Waals surface area contributed by atoms with Gasteiger partial charge in [0.1, 0.15) is 5.76 Å². The number of ketones is 1. The molecule has 0 saturated heterocycles.